The number of anilines is 1. The van der Waals surface area contributed by atoms with Crippen molar-refractivity contribution in [3.63, 3.8) is 0 Å². The van der Waals surface area contributed by atoms with Gasteiger partial charge in [0.25, 0.3) is 58.2 Å². The fourth-order valence-electron chi connectivity index (χ4n) is 7.71. The first-order valence-corrected chi connectivity index (χ1v) is 26.4. The first kappa shape index (κ1) is 53.3. The van der Waals surface area contributed by atoms with E-state index in [9.17, 15) is 66.5 Å². The average molecular weight is 1000 g/mol. The summed E-state index contributed by atoms with van der Waals surface area (Å²) in [5.41, 5.74) is 0.878. The molecule has 0 unspecified atom stereocenters. The Balaban J connectivity index is 1.81. The average Bonchev–Trinajstić information content (AvgIpc) is 3.51. The monoisotopic (exact) mass is 1000 g/mol. The SMILES string of the molecule is CC1(C)C(/C=C/C=C/C=C2/N(CCCS(=O)(=O)O)c3cc(C(=O)NCCS(=O)(=O)O)cc(C(=O)NCCS(=O)(=O)O)c3C2(C)C)=[N+](CCCS(=O)(=O)O)c2ccc(C(=O)NCC(=O)O)cc21. The maximum atomic E-state index is 13.8. The van der Waals surface area contributed by atoms with E-state index in [2.05, 4.69) is 16.0 Å². The van der Waals surface area contributed by atoms with Gasteiger partial charge in [-0.1, -0.05) is 32.1 Å². The molecule has 3 amide bonds. The van der Waals surface area contributed by atoms with Gasteiger partial charge in [-0.05, 0) is 50.6 Å². The van der Waals surface area contributed by atoms with Gasteiger partial charge in [-0.3, -0.25) is 37.4 Å². The summed E-state index contributed by atoms with van der Waals surface area (Å²) in [6, 6.07) is 7.32. The van der Waals surface area contributed by atoms with E-state index in [1.807, 2.05) is 18.4 Å². The molecule has 0 spiro atoms. The number of nitrogens with one attached hydrogen (secondary N) is 3. The lowest BCUT2D eigenvalue weighted by molar-refractivity contribution is -0.437. The normalized spacial score (nSPS) is 16.5. The second kappa shape index (κ2) is 20.7. The van der Waals surface area contributed by atoms with Gasteiger partial charge in [-0.25, -0.2) is 0 Å². The number of allylic oxidation sites excluding steroid dienone is 6. The molecular formula is C40H52N5O17S4+. The molecule has 22 nitrogen and oxygen atoms in total. The van der Waals surface area contributed by atoms with Gasteiger partial charge in [-0.15, -0.1) is 0 Å². The molecule has 0 aromatic heterocycles. The molecule has 8 N–H and O–H groups in total. The van der Waals surface area contributed by atoms with Crippen molar-refractivity contribution in [1.29, 1.82) is 0 Å². The summed E-state index contributed by atoms with van der Waals surface area (Å²) in [4.78, 5) is 52.6. The van der Waals surface area contributed by atoms with Gasteiger partial charge in [0.2, 0.25) is 5.69 Å². The number of carbonyl (C=O) groups is 4. The zero-order valence-electron chi connectivity index (χ0n) is 36.2. The first-order valence-electron chi connectivity index (χ1n) is 20.0. The van der Waals surface area contributed by atoms with E-state index in [-0.39, 0.29) is 48.3 Å². The molecule has 0 saturated heterocycles. The number of fused-ring (bicyclic) bond motifs is 2. The third-order valence-electron chi connectivity index (χ3n) is 10.6. The van der Waals surface area contributed by atoms with Crippen LogP contribution in [-0.4, -0.2) is 147 Å². The molecule has 0 fully saturated rings. The van der Waals surface area contributed by atoms with Crippen LogP contribution in [0.1, 0.15) is 82.7 Å². The number of aliphatic carboxylic acids is 1. The minimum absolute atomic E-state index is 0.0199. The largest absolute Gasteiger partial charge is 0.480 e. The van der Waals surface area contributed by atoms with Crippen LogP contribution < -0.4 is 20.9 Å². The molecule has 2 aliphatic rings. The van der Waals surface area contributed by atoms with E-state index in [1.165, 1.54) is 18.2 Å². The Morgan fingerprint density at radius 2 is 1.23 bits per heavy atom. The Bertz CT molecular complexity index is 2870. The molecule has 26 heteroatoms. The highest BCUT2D eigenvalue weighted by atomic mass is 32.2. The number of rotatable bonds is 22. The van der Waals surface area contributed by atoms with E-state index in [0.717, 1.165) is 0 Å². The zero-order valence-corrected chi connectivity index (χ0v) is 39.5. The third-order valence-corrected chi connectivity index (χ3v) is 13.7. The highest BCUT2D eigenvalue weighted by Crippen LogP contribution is 2.50. The quantitative estimate of drug-likeness (QED) is 0.0470. The first-order chi connectivity index (χ1) is 30.3. The summed E-state index contributed by atoms with van der Waals surface area (Å²) in [6.07, 6.45) is 8.17. The van der Waals surface area contributed by atoms with Crippen molar-refractivity contribution in [2.75, 3.05) is 60.6 Å². The highest BCUT2D eigenvalue weighted by Gasteiger charge is 2.45. The van der Waals surface area contributed by atoms with Crippen LogP contribution in [0.3, 0.4) is 0 Å². The van der Waals surface area contributed by atoms with Crippen molar-refractivity contribution in [2.24, 2.45) is 0 Å². The van der Waals surface area contributed by atoms with Crippen molar-refractivity contribution in [1.82, 2.24) is 16.0 Å². The summed E-state index contributed by atoms with van der Waals surface area (Å²) in [6.45, 7) is 5.55. The van der Waals surface area contributed by atoms with E-state index >= 15 is 0 Å². The Hall–Kier alpha value is -5.35. The van der Waals surface area contributed by atoms with Crippen LogP contribution in [0.2, 0.25) is 0 Å². The summed E-state index contributed by atoms with van der Waals surface area (Å²) in [5, 5.41) is 16.1. The molecule has 2 aromatic rings. The van der Waals surface area contributed by atoms with Crippen molar-refractivity contribution in [3.05, 3.63) is 94.2 Å². The number of hydrogen-bond acceptors (Lipinski definition) is 13. The maximum absolute atomic E-state index is 13.8. The Morgan fingerprint density at radius 1 is 0.667 bits per heavy atom. The predicted octanol–water partition coefficient (Wildman–Crippen LogP) is 1.46. The zero-order chi connectivity index (χ0) is 49.6. The van der Waals surface area contributed by atoms with Gasteiger partial charge in [0.05, 0.1) is 28.4 Å². The van der Waals surface area contributed by atoms with Gasteiger partial charge in [0.1, 0.15) is 13.1 Å². The molecule has 362 valence electrons. The van der Waals surface area contributed by atoms with E-state index in [1.54, 1.807) is 61.3 Å². The van der Waals surface area contributed by atoms with Crippen LogP contribution >= 0.6 is 0 Å². The van der Waals surface area contributed by atoms with E-state index in [0.29, 0.717) is 28.2 Å². The lowest BCUT2D eigenvalue weighted by Crippen LogP contribution is -2.32. The molecule has 0 aliphatic carbocycles. The minimum atomic E-state index is -4.50. The number of carboxylic acids is 1. The number of benzene rings is 2. The van der Waals surface area contributed by atoms with Crippen LogP contribution in [0.25, 0.3) is 0 Å². The molecule has 0 atom stereocenters. The summed E-state index contributed by atoms with van der Waals surface area (Å²) < 4.78 is 131. The molecule has 0 saturated carbocycles. The summed E-state index contributed by atoms with van der Waals surface area (Å²) >= 11 is 0. The molecular weight excluding hydrogens is 951 g/mol. The van der Waals surface area contributed by atoms with E-state index in [4.69, 9.17) is 9.66 Å². The van der Waals surface area contributed by atoms with Gasteiger partial charge < -0.3 is 26.0 Å². The second-order valence-corrected chi connectivity index (χ2v) is 22.6. The van der Waals surface area contributed by atoms with Crippen LogP contribution in [0.5, 0.6) is 0 Å². The number of nitrogens with zero attached hydrogens (tertiary/aromatic N) is 2. The highest BCUT2D eigenvalue weighted by molar-refractivity contribution is 7.86. The fourth-order valence-corrected chi connectivity index (χ4v) is 9.42. The molecule has 0 radical (unpaired) electrons. The Kier molecular flexibility index (Phi) is 16.7. The molecule has 2 aromatic carbocycles. The van der Waals surface area contributed by atoms with Crippen molar-refractivity contribution >= 4 is 81.2 Å². The van der Waals surface area contributed by atoms with Gasteiger partial charge in [0.15, 0.2) is 5.71 Å². The van der Waals surface area contributed by atoms with Crippen LogP contribution in [0.15, 0.2) is 66.4 Å². The molecule has 0 bridgehead atoms. The number of hydrogen-bond donors (Lipinski definition) is 8. The lowest BCUT2D eigenvalue weighted by atomic mass is 9.80. The fraction of sp³-hybridized carbons (Fsp3) is 0.425. The van der Waals surface area contributed by atoms with Gasteiger partial charge in [0, 0.05) is 82.8 Å². The topological polar surface area (TPSA) is 348 Å². The Morgan fingerprint density at radius 3 is 1.80 bits per heavy atom. The van der Waals surface area contributed by atoms with Crippen molar-refractivity contribution in [3.8, 4) is 0 Å². The van der Waals surface area contributed by atoms with Gasteiger partial charge >= 0.3 is 5.97 Å². The Labute approximate surface area is 382 Å². The number of carboxylic acid groups (broad SMARTS) is 1. The molecule has 66 heavy (non-hydrogen) atoms. The smallest absolute Gasteiger partial charge is 0.322 e. The second-order valence-electron chi connectivity index (χ2n) is 16.3. The summed E-state index contributed by atoms with van der Waals surface area (Å²) in [5.74, 6) is -6.48. The third kappa shape index (κ3) is 14.3. The summed E-state index contributed by atoms with van der Waals surface area (Å²) in [7, 11) is -17.7. The number of amides is 3. The molecule has 4 rings (SSSR count). The maximum Gasteiger partial charge on any atom is 0.322 e. The van der Waals surface area contributed by atoms with Crippen molar-refractivity contribution < 1.29 is 80.7 Å². The molecule has 2 aliphatic heterocycles. The number of carbonyl (C=O) groups excluding carboxylic acids is 3. The minimum Gasteiger partial charge on any atom is -0.480 e. The van der Waals surface area contributed by atoms with E-state index < -0.39 is 118 Å². The molecule has 2 heterocycles. The van der Waals surface area contributed by atoms with Crippen LogP contribution in [0.4, 0.5) is 11.4 Å². The van der Waals surface area contributed by atoms with Crippen LogP contribution in [0, 0.1) is 0 Å². The lowest BCUT2D eigenvalue weighted by Gasteiger charge is -2.27. The standard InChI is InChI=1S/C40H51N5O17S4/c1-39(2)29-23-26(36(48)43-25-34(46)47)12-13-30(29)44(16-8-18-63(51,52)53)32(39)10-6-5-7-11-33-40(3,4)35-28(38(50)42-15-21-66(60,61)62)22-27(37(49)41-14-20-65(57,58)59)24-31(35)45(33)17-9-19-64(54,55)56/h5-7,10-13,22-24H,8-9,14-21,25H2,1-4H3,(H7-,41,42,43,46,47,48,49,50,51,52,53,54,55,56,57,58,59,60,61,62)/p+1. The van der Waals surface area contributed by atoms with Gasteiger partial charge in [-0.2, -0.15) is 38.2 Å². The van der Waals surface area contributed by atoms with Crippen molar-refractivity contribution in [2.45, 2.75) is 51.4 Å². The van der Waals surface area contributed by atoms with Crippen LogP contribution in [-0.2, 0) is 56.1 Å². The predicted molar refractivity (Wildman–Crippen MR) is 242 cm³/mol.